The maximum absolute atomic E-state index is 12.8. The molecule has 0 radical (unpaired) electrons. The number of carbonyl (C=O) groups is 2. The van der Waals surface area contributed by atoms with Crippen LogP contribution in [0, 0.1) is 0 Å². The van der Waals surface area contributed by atoms with Gasteiger partial charge in [-0.25, -0.2) is 9.59 Å². The number of hydrogen-bond donors (Lipinski definition) is 4. The Hall–Kier alpha value is -6.78. The maximum atomic E-state index is 12.8. The van der Waals surface area contributed by atoms with Crippen molar-refractivity contribution in [2.75, 3.05) is 24.7 Å². The molecule has 67 heavy (non-hydrogen) atoms. The molecule has 0 bridgehead atoms. The molecular weight excluding hydrogens is 883 g/mol. The first-order valence-corrected chi connectivity index (χ1v) is 21.5. The molecule has 1 unspecified atom stereocenters. The van der Waals surface area contributed by atoms with Crippen molar-refractivity contribution in [1.82, 2.24) is 0 Å². The largest absolute Gasteiger partial charge is 0.494 e. The molecule has 0 heterocycles. The van der Waals surface area contributed by atoms with Gasteiger partial charge in [0, 0.05) is 36.6 Å². The van der Waals surface area contributed by atoms with Gasteiger partial charge in [0.25, 0.3) is 0 Å². The molecule has 5 rings (SSSR count). The molecule has 0 saturated heterocycles. The van der Waals surface area contributed by atoms with Crippen LogP contribution < -0.4 is 30.4 Å². The molecule has 16 heteroatoms. The van der Waals surface area contributed by atoms with E-state index in [-0.39, 0.29) is 62.4 Å². The number of rotatable bonds is 23. The van der Waals surface area contributed by atoms with Crippen LogP contribution in [0.25, 0.3) is 12.2 Å². The summed E-state index contributed by atoms with van der Waals surface area (Å²) in [5.74, 6) is -2.86. The summed E-state index contributed by atoms with van der Waals surface area (Å²) in [4.78, 5) is 25.6. The average molecular weight is 935 g/mol. The van der Waals surface area contributed by atoms with Crippen molar-refractivity contribution in [2.24, 2.45) is 0 Å². The monoisotopic (exact) mass is 934 g/mol. The number of esters is 2. The topological polar surface area (TPSA) is 164 Å². The van der Waals surface area contributed by atoms with E-state index in [0.717, 1.165) is 5.56 Å². The third kappa shape index (κ3) is 18.2. The van der Waals surface area contributed by atoms with E-state index in [2.05, 4.69) is 0 Å². The SMILES string of the molecule is Nc1cc(N)cc(C(CC/C=C/c2ccc(C(=O)Oc3ccc(OCCCCC(F)(F)F)cc3)cc2)C(O)(O)C/C=C/c2ccc(C(=O)Oc3ccc(OCCCCC(F)(F)F)cc3)cc2)c1. The molecule has 0 aliphatic carbocycles. The van der Waals surface area contributed by atoms with Crippen LogP contribution in [0.5, 0.6) is 23.0 Å². The number of alkyl halides is 6. The van der Waals surface area contributed by atoms with Gasteiger partial charge in [0.15, 0.2) is 5.79 Å². The predicted molar refractivity (Wildman–Crippen MR) is 244 cm³/mol. The molecule has 1 atom stereocenters. The Morgan fingerprint density at radius 1 is 0.552 bits per heavy atom. The van der Waals surface area contributed by atoms with E-state index in [4.69, 9.17) is 30.4 Å². The van der Waals surface area contributed by atoms with Gasteiger partial charge in [0.2, 0.25) is 0 Å². The molecule has 10 nitrogen and oxygen atoms in total. The molecule has 6 N–H and O–H groups in total. The third-order valence-electron chi connectivity index (χ3n) is 10.2. The lowest BCUT2D eigenvalue weighted by molar-refractivity contribution is -0.177. The number of allylic oxidation sites excluding steroid dienone is 1. The van der Waals surface area contributed by atoms with Crippen LogP contribution >= 0.6 is 0 Å². The second-order valence-corrected chi connectivity index (χ2v) is 15.8. The highest BCUT2D eigenvalue weighted by Gasteiger charge is 2.34. The van der Waals surface area contributed by atoms with Gasteiger partial charge in [-0.2, -0.15) is 26.3 Å². The smallest absolute Gasteiger partial charge is 0.389 e. The minimum Gasteiger partial charge on any atom is -0.494 e. The lowest BCUT2D eigenvalue weighted by atomic mass is 9.84. The normalized spacial score (nSPS) is 12.6. The zero-order chi connectivity index (χ0) is 48.5. The van der Waals surface area contributed by atoms with E-state index in [1.165, 1.54) is 24.3 Å². The Bertz CT molecular complexity index is 2380. The summed E-state index contributed by atoms with van der Waals surface area (Å²) < 4.78 is 95.7. The molecule has 0 aliphatic rings. The van der Waals surface area contributed by atoms with Crippen LogP contribution in [0.3, 0.4) is 0 Å². The summed E-state index contributed by atoms with van der Waals surface area (Å²) in [6, 6.07) is 30.4. The summed E-state index contributed by atoms with van der Waals surface area (Å²) in [6.07, 6.45) is -2.13. The summed E-state index contributed by atoms with van der Waals surface area (Å²) in [6.45, 7) is 0.252. The summed E-state index contributed by atoms with van der Waals surface area (Å²) >= 11 is 0. The maximum Gasteiger partial charge on any atom is 0.389 e. The van der Waals surface area contributed by atoms with E-state index in [1.807, 2.05) is 12.2 Å². The van der Waals surface area contributed by atoms with E-state index >= 15 is 0 Å². The molecule has 0 saturated carbocycles. The van der Waals surface area contributed by atoms with Gasteiger partial charge >= 0.3 is 24.3 Å². The minimum atomic E-state index is -4.20. The van der Waals surface area contributed by atoms with Gasteiger partial charge in [-0.05, 0) is 146 Å². The van der Waals surface area contributed by atoms with Gasteiger partial charge < -0.3 is 40.6 Å². The van der Waals surface area contributed by atoms with Crippen molar-refractivity contribution < 1.29 is 65.1 Å². The number of hydrogen-bond acceptors (Lipinski definition) is 10. The number of halogens is 6. The van der Waals surface area contributed by atoms with Crippen molar-refractivity contribution in [2.45, 2.75) is 81.8 Å². The zero-order valence-electron chi connectivity index (χ0n) is 36.4. The second-order valence-electron chi connectivity index (χ2n) is 15.8. The number of nitrogens with two attached hydrogens (primary N) is 2. The average Bonchev–Trinajstić information content (AvgIpc) is 3.26. The number of aliphatic hydroxyl groups is 2. The van der Waals surface area contributed by atoms with Crippen molar-refractivity contribution in [3.63, 3.8) is 0 Å². The first kappa shape index (κ1) is 51.2. The second kappa shape index (κ2) is 24.1. The van der Waals surface area contributed by atoms with E-state index < -0.39 is 48.8 Å². The van der Waals surface area contributed by atoms with Gasteiger partial charge in [0.1, 0.15) is 23.0 Å². The highest BCUT2D eigenvalue weighted by atomic mass is 19.4. The molecular formula is C51H52F6N2O8. The highest BCUT2D eigenvalue weighted by molar-refractivity contribution is 5.92. The molecule has 5 aromatic rings. The van der Waals surface area contributed by atoms with Gasteiger partial charge in [-0.1, -0.05) is 48.6 Å². The number of carbonyl (C=O) groups excluding carboxylic acids is 2. The zero-order valence-corrected chi connectivity index (χ0v) is 36.4. The fourth-order valence-corrected chi connectivity index (χ4v) is 6.80. The van der Waals surface area contributed by atoms with Crippen LogP contribution in [0.1, 0.15) is 101 Å². The number of ether oxygens (including phenoxy) is 4. The summed E-state index contributed by atoms with van der Waals surface area (Å²) in [5, 5.41) is 22.9. The fourth-order valence-electron chi connectivity index (χ4n) is 6.80. The standard InChI is InChI=1S/C51H52F6N2O8/c52-50(53,54)28-3-5-30-64-42-19-23-44(24-20-42)66-47(60)37-15-11-35(12-16-37)8-1-2-10-46(39-32-40(58)34-41(59)33-39)49(62,63)27-7-9-36-13-17-38(18-14-36)48(61)67-45-25-21-43(22-26-45)65-31-6-4-29-51(55,56)57/h1,7-9,11-26,32-34,46,62-63H,2-6,10,27-31,58-59H2/b8-1+,9-7+. The summed E-state index contributed by atoms with van der Waals surface area (Å²) in [7, 11) is 0. The molecule has 356 valence electrons. The first-order chi connectivity index (χ1) is 31.8. The Kier molecular flexibility index (Phi) is 18.4. The van der Waals surface area contributed by atoms with E-state index in [9.17, 15) is 46.1 Å². The fraction of sp³-hybridized carbons (Fsp3) is 0.294. The highest BCUT2D eigenvalue weighted by Crippen LogP contribution is 2.36. The minimum absolute atomic E-state index is 0.0284. The van der Waals surface area contributed by atoms with Crippen LogP contribution in [0.4, 0.5) is 37.7 Å². The van der Waals surface area contributed by atoms with Crippen molar-refractivity contribution in [3.8, 4) is 23.0 Å². The lowest BCUT2D eigenvalue weighted by Gasteiger charge is -2.31. The number of benzene rings is 5. The summed E-state index contributed by atoms with van der Waals surface area (Å²) in [5.41, 5.74) is 15.4. The van der Waals surface area contributed by atoms with Crippen molar-refractivity contribution in [3.05, 3.63) is 155 Å². The van der Waals surface area contributed by atoms with Crippen molar-refractivity contribution in [1.29, 1.82) is 0 Å². The van der Waals surface area contributed by atoms with E-state index in [1.54, 1.807) is 103 Å². The number of nitrogen functional groups attached to an aromatic ring is 2. The Labute approximate surface area is 384 Å². The number of anilines is 2. The molecule has 0 aliphatic heterocycles. The van der Waals surface area contributed by atoms with Gasteiger partial charge in [0.05, 0.1) is 24.3 Å². The van der Waals surface area contributed by atoms with Crippen molar-refractivity contribution >= 4 is 35.5 Å². The van der Waals surface area contributed by atoms with Crippen LogP contribution in [-0.2, 0) is 0 Å². The predicted octanol–water partition coefficient (Wildman–Crippen LogP) is 11.9. The van der Waals surface area contributed by atoms with Gasteiger partial charge in [-0.3, -0.25) is 0 Å². The Morgan fingerprint density at radius 2 is 0.955 bits per heavy atom. The van der Waals surface area contributed by atoms with Gasteiger partial charge in [-0.15, -0.1) is 0 Å². The first-order valence-electron chi connectivity index (χ1n) is 21.5. The third-order valence-corrected chi connectivity index (χ3v) is 10.2. The molecule has 0 aromatic heterocycles. The molecule has 0 fully saturated rings. The van der Waals surface area contributed by atoms with Crippen LogP contribution in [0.15, 0.2) is 127 Å². The van der Waals surface area contributed by atoms with Crippen LogP contribution in [0.2, 0.25) is 0 Å². The Balaban J connectivity index is 1.10. The van der Waals surface area contributed by atoms with E-state index in [0.29, 0.717) is 52.4 Å². The number of unbranched alkanes of at least 4 members (excludes halogenated alkanes) is 2. The Morgan fingerprint density at radius 3 is 1.37 bits per heavy atom. The molecule has 0 amide bonds. The molecule has 0 spiro atoms. The van der Waals surface area contributed by atoms with Crippen LogP contribution in [-0.4, -0.2) is 53.5 Å². The lowest BCUT2D eigenvalue weighted by Crippen LogP contribution is -2.35. The molecule has 5 aromatic carbocycles. The quantitative estimate of drug-likeness (QED) is 0.0124.